The van der Waals surface area contributed by atoms with Crippen LogP contribution in [-0.2, 0) is 14.3 Å². The second-order valence-electron chi connectivity index (χ2n) is 3.35. The minimum atomic E-state index is -5.00. The Morgan fingerprint density at radius 2 is 1.81 bits per heavy atom. The summed E-state index contributed by atoms with van der Waals surface area (Å²) < 4.78 is 40.3. The van der Waals surface area contributed by atoms with Crippen LogP contribution in [-0.4, -0.2) is 30.2 Å². The minimum absolute atomic E-state index is 0.391. The van der Waals surface area contributed by atoms with Crippen molar-refractivity contribution in [2.75, 3.05) is 0 Å². The molecular weight excluding hydrogens is 227 g/mol. The highest BCUT2D eigenvalue weighted by atomic mass is 19.4. The Kier molecular flexibility index (Phi) is 5.26. The van der Waals surface area contributed by atoms with Crippen LogP contribution < -0.4 is 5.32 Å². The van der Waals surface area contributed by atoms with E-state index in [-0.39, 0.29) is 0 Å². The van der Waals surface area contributed by atoms with Crippen LogP contribution in [0, 0.1) is 0 Å². The zero-order valence-corrected chi connectivity index (χ0v) is 9.22. The van der Waals surface area contributed by atoms with Crippen LogP contribution in [0.5, 0.6) is 0 Å². The molecule has 7 heteroatoms. The first-order valence-electron chi connectivity index (χ1n) is 4.76. The molecule has 0 saturated carbocycles. The molecule has 0 fully saturated rings. The average Bonchev–Trinajstić information content (AvgIpc) is 2.15. The molecule has 0 aliphatic carbocycles. The van der Waals surface area contributed by atoms with E-state index in [1.807, 2.05) is 0 Å². The van der Waals surface area contributed by atoms with Gasteiger partial charge in [0.1, 0.15) is 6.04 Å². The lowest BCUT2D eigenvalue weighted by Gasteiger charge is -2.17. The fraction of sp³-hybridized carbons (Fsp3) is 0.778. The van der Waals surface area contributed by atoms with Crippen molar-refractivity contribution in [2.45, 2.75) is 45.5 Å². The van der Waals surface area contributed by atoms with E-state index in [9.17, 15) is 22.8 Å². The Morgan fingerprint density at radius 3 is 2.19 bits per heavy atom. The monoisotopic (exact) mass is 241 g/mol. The Labute approximate surface area is 91.1 Å². The summed E-state index contributed by atoms with van der Waals surface area (Å²) in [5.74, 6) is -3.03. The van der Waals surface area contributed by atoms with Gasteiger partial charge in [-0.15, -0.1) is 0 Å². The van der Waals surface area contributed by atoms with Crippen molar-refractivity contribution in [3.63, 3.8) is 0 Å². The Morgan fingerprint density at radius 1 is 1.31 bits per heavy atom. The van der Waals surface area contributed by atoms with Crippen molar-refractivity contribution in [3.8, 4) is 0 Å². The minimum Gasteiger partial charge on any atom is -0.461 e. The summed E-state index contributed by atoms with van der Waals surface area (Å²) in [4.78, 5) is 21.7. The summed E-state index contributed by atoms with van der Waals surface area (Å²) in [6.45, 7) is 4.50. The summed E-state index contributed by atoms with van der Waals surface area (Å²) in [6, 6.07) is -1.32. The molecule has 2 atom stereocenters. The molecule has 2 unspecified atom stereocenters. The Hall–Kier alpha value is -1.27. The van der Waals surface area contributed by atoms with E-state index in [4.69, 9.17) is 4.74 Å². The van der Waals surface area contributed by atoms with Crippen molar-refractivity contribution < 1.29 is 27.5 Å². The molecule has 0 aromatic rings. The van der Waals surface area contributed by atoms with Crippen LogP contribution >= 0.6 is 0 Å². The Balaban J connectivity index is 4.21. The number of alkyl halides is 3. The molecule has 0 bridgehead atoms. The second kappa shape index (κ2) is 5.72. The van der Waals surface area contributed by atoms with E-state index in [1.165, 1.54) is 5.32 Å². The smallest absolute Gasteiger partial charge is 0.461 e. The van der Waals surface area contributed by atoms with E-state index in [1.54, 1.807) is 13.8 Å². The second-order valence-corrected chi connectivity index (χ2v) is 3.35. The number of hydrogen-bond donors (Lipinski definition) is 1. The summed E-state index contributed by atoms with van der Waals surface area (Å²) >= 11 is 0. The van der Waals surface area contributed by atoms with Crippen LogP contribution in [0.4, 0.5) is 13.2 Å². The maximum absolute atomic E-state index is 11.8. The molecular formula is C9H14F3NO3. The van der Waals surface area contributed by atoms with E-state index in [2.05, 4.69) is 0 Å². The highest BCUT2D eigenvalue weighted by molar-refractivity contribution is 5.87. The maximum Gasteiger partial charge on any atom is 0.471 e. The van der Waals surface area contributed by atoms with Gasteiger partial charge < -0.3 is 10.1 Å². The number of amides is 1. The lowest BCUT2D eigenvalue weighted by atomic mass is 10.3. The molecule has 0 radical (unpaired) electrons. The molecule has 1 amide bonds. The first-order chi connectivity index (χ1) is 7.18. The Bertz CT molecular complexity index is 265. The molecule has 0 aliphatic rings. The number of carbonyl (C=O) groups excluding carboxylic acids is 2. The molecule has 1 N–H and O–H groups in total. The summed E-state index contributed by atoms with van der Waals surface area (Å²) in [5, 5.41) is 1.51. The van der Waals surface area contributed by atoms with Crippen molar-refractivity contribution in [3.05, 3.63) is 0 Å². The number of nitrogens with one attached hydrogen (secondary N) is 1. The lowest BCUT2D eigenvalue weighted by molar-refractivity contribution is -0.176. The van der Waals surface area contributed by atoms with Crippen LogP contribution in [0.3, 0.4) is 0 Å². The molecule has 0 aromatic carbocycles. The van der Waals surface area contributed by atoms with Gasteiger partial charge in [-0.05, 0) is 20.3 Å². The van der Waals surface area contributed by atoms with Crippen molar-refractivity contribution in [2.24, 2.45) is 0 Å². The topological polar surface area (TPSA) is 55.4 Å². The third-order valence-corrected chi connectivity index (χ3v) is 1.85. The van der Waals surface area contributed by atoms with Crippen molar-refractivity contribution in [1.29, 1.82) is 0 Å². The zero-order chi connectivity index (χ0) is 12.9. The number of hydrogen-bond acceptors (Lipinski definition) is 3. The third kappa shape index (κ3) is 4.99. The standard InChI is InChI=1S/C9H14F3NO3/c1-4-5(2)16-7(14)6(3)13-8(15)9(10,11)12/h5-6H,4H2,1-3H3,(H,13,15). The molecule has 0 saturated heterocycles. The number of ether oxygens (including phenoxy) is 1. The highest BCUT2D eigenvalue weighted by Crippen LogP contribution is 2.14. The molecule has 0 aliphatic heterocycles. The van der Waals surface area contributed by atoms with Gasteiger partial charge in [0.25, 0.3) is 0 Å². The van der Waals surface area contributed by atoms with Crippen LogP contribution in [0.2, 0.25) is 0 Å². The van der Waals surface area contributed by atoms with Crippen molar-refractivity contribution in [1.82, 2.24) is 5.32 Å². The molecule has 94 valence electrons. The van der Waals surface area contributed by atoms with E-state index in [0.717, 1.165) is 6.92 Å². The zero-order valence-electron chi connectivity index (χ0n) is 9.22. The van der Waals surface area contributed by atoms with Crippen LogP contribution in [0.1, 0.15) is 27.2 Å². The van der Waals surface area contributed by atoms with Gasteiger partial charge in [-0.25, -0.2) is 4.79 Å². The predicted octanol–water partition coefficient (Wildman–Crippen LogP) is 1.40. The molecule has 16 heavy (non-hydrogen) atoms. The van der Waals surface area contributed by atoms with E-state index < -0.39 is 30.2 Å². The lowest BCUT2D eigenvalue weighted by Crippen LogP contribution is -2.46. The van der Waals surface area contributed by atoms with Gasteiger partial charge in [-0.2, -0.15) is 13.2 Å². The van der Waals surface area contributed by atoms with E-state index >= 15 is 0 Å². The molecule has 4 nitrogen and oxygen atoms in total. The van der Waals surface area contributed by atoms with Crippen molar-refractivity contribution >= 4 is 11.9 Å². The molecule has 0 rings (SSSR count). The summed E-state index contributed by atoms with van der Waals surface area (Å²) in [6.07, 6.45) is -4.84. The van der Waals surface area contributed by atoms with Gasteiger partial charge in [0.2, 0.25) is 0 Å². The van der Waals surface area contributed by atoms with Gasteiger partial charge in [-0.3, -0.25) is 4.79 Å². The number of halogens is 3. The van der Waals surface area contributed by atoms with Gasteiger partial charge in [-0.1, -0.05) is 6.92 Å². The average molecular weight is 241 g/mol. The first kappa shape index (κ1) is 14.7. The number of rotatable bonds is 4. The number of carbonyl (C=O) groups is 2. The normalized spacial score (nSPS) is 15.1. The van der Waals surface area contributed by atoms with Gasteiger partial charge in [0.05, 0.1) is 6.10 Å². The summed E-state index contributed by atoms with van der Waals surface area (Å²) in [7, 11) is 0. The van der Waals surface area contributed by atoms with Gasteiger partial charge in [0, 0.05) is 0 Å². The largest absolute Gasteiger partial charge is 0.471 e. The molecule has 0 spiro atoms. The number of esters is 1. The SMILES string of the molecule is CCC(C)OC(=O)C(C)NC(=O)C(F)(F)F. The maximum atomic E-state index is 11.8. The van der Waals surface area contributed by atoms with Crippen LogP contribution in [0.25, 0.3) is 0 Å². The summed E-state index contributed by atoms with van der Waals surface area (Å²) in [5.41, 5.74) is 0. The van der Waals surface area contributed by atoms with Crippen LogP contribution in [0.15, 0.2) is 0 Å². The predicted molar refractivity (Wildman–Crippen MR) is 49.5 cm³/mol. The molecule has 0 aromatic heterocycles. The fourth-order valence-electron chi connectivity index (χ4n) is 0.721. The van der Waals surface area contributed by atoms with E-state index in [0.29, 0.717) is 6.42 Å². The third-order valence-electron chi connectivity index (χ3n) is 1.85. The van der Waals surface area contributed by atoms with Gasteiger partial charge in [0.15, 0.2) is 0 Å². The van der Waals surface area contributed by atoms with Gasteiger partial charge >= 0.3 is 18.1 Å². The fourth-order valence-corrected chi connectivity index (χ4v) is 0.721. The quantitative estimate of drug-likeness (QED) is 0.757. The molecule has 0 heterocycles. The highest BCUT2D eigenvalue weighted by Gasteiger charge is 2.40. The first-order valence-corrected chi connectivity index (χ1v) is 4.76.